The van der Waals surface area contributed by atoms with Gasteiger partial charge in [-0.1, -0.05) is 6.58 Å². The maximum absolute atomic E-state index is 11.6. The van der Waals surface area contributed by atoms with Crippen LogP contribution in [0.5, 0.6) is 0 Å². The van der Waals surface area contributed by atoms with E-state index in [1.54, 1.807) is 24.1 Å². The van der Waals surface area contributed by atoms with E-state index in [2.05, 4.69) is 42.8 Å². The summed E-state index contributed by atoms with van der Waals surface area (Å²) in [6.45, 7) is 3.47. The quantitative estimate of drug-likeness (QED) is 0.502. The lowest BCUT2D eigenvalue weighted by Crippen LogP contribution is -2.41. The molecule has 0 aromatic carbocycles. The number of amides is 2. The first kappa shape index (κ1) is 19.3. The fourth-order valence-electron chi connectivity index (χ4n) is 3.16. The number of nitrogens with one attached hydrogen (secondary N) is 3. The van der Waals surface area contributed by atoms with Gasteiger partial charge in [-0.05, 0) is 31.8 Å². The predicted molar refractivity (Wildman–Crippen MR) is 103 cm³/mol. The number of hydrogen-bond donors (Lipinski definition) is 4. The number of carbonyl (C=O) groups excluding carboxylic acids is 2. The van der Waals surface area contributed by atoms with Crippen LogP contribution in [0.1, 0.15) is 36.2 Å². The molecule has 1 aliphatic rings. The number of hydrogen-bond acceptors (Lipinski definition) is 8. The largest absolute Gasteiger partial charge is 0.364 e. The van der Waals surface area contributed by atoms with Gasteiger partial charge in [-0.15, -0.1) is 10.2 Å². The van der Waals surface area contributed by atoms with Crippen LogP contribution in [0.2, 0.25) is 0 Å². The van der Waals surface area contributed by atoms with Gasteiger partial charge in [-0.25, -0.2) is 0 Å². The molecule has 11 nitrogen and oxygen atoms in total. The Balaban J connectivity index is 1.73. The SMILES string of the molecule is C=CC(=O)NC1CCC[C@@H](Nc2nnc(C(N)=O)c(Nc3cnn(C)c3)n2)C1. The molecule has 2 heterocycles. The summed E-state index contributed by atoms with van der Waals surface area (Å²) in [4.78, 5) is 27.5. The number of rotatable bonds is 7. The Labute approximate surface area is 161 Å². The predicted octanol–water partition coefficient (Wildman–Crippen LogP) is 0.473. The highest BCUT2D eigenvalue weighted by Gasteiger charge is 2.24. The first-order valence-corrected chi connectivity index (χ1v) is 8.94. The zero-order valence-electron chi connectivity index (χ0n) is 15.6. The van der Waals surface area contributed by atoms with Gasteiger partial charge in [0.15, 0.2) is 11.5 Å². The van der Waals surface area contributed by atoms with E-state index in [0.29, 0.717) is 5.69 Å². The van der Waals surface area contributed by atoms with E-state index in [1.807, 2.05) is 0 Å². The molecule has 148 valence electrons. The van der Waals surface area contributed by atoms with Gasteiger partial charge in [0.25, 0.3) is 5.91 Å². The molecule has 5 N–H and O–H groups in total. The van der Waals surface area contributed by atoms with Crippen LogP contribution < -0.4 is 21.7 Å². The summed E-state index contributed by atoms with van der Waals surface area (Å²) in [7, 11) is 1.77. The first-order valence-electron chi connectivity index (χ1n) is 8.94. The molecule has 1 saturated carbocycles. The molecule has 2 aromatic heterocycles. The average molecular weight is 385 g/mol. The van der Waals surface area contributed by atoms with Crippen molar-refractivity contribution in [2.75, 3.05) is 10.6 Å². The molecule has 28 heavy (non-hydrogen) atoms. The Hall–Kier alpha value is -3.50. The second kappa shape index (κ2) is 8.46. The zero-order valence-corrected chi connectivity index (χ0v) is 15.6. The number of aromatic nitrogens is 5. The van der Waals surface area contributed by atoms with Gasteiger partial charge in [0, 0.05) is 25.3 Å². The maximum Gasteiger partial charge on any atom is 0.273 e. The van der Waals surface area contributed by atoms with Gasteiger partial charge in [0.05, 0.1) is 11.9 Å². The van der Waals surface area contributed by atoms with E-state index in [1.165, 1.54) is 6.08 Å². The van der Waals surface area contributed by atoms with Crippen molar-refractivity contribution in [3.63, 3.8) is 0 Å². The van der Waals surface area contributed by atoms with Crippen LogP contribution in [0.15, 0.2) is 25.0 Å². The van der Waals surface area contributed by atoms with Crippen LogP contribution in [0.3, 0.4) is 0 Å². The van der Waals surface area contributed by atoms with Gasteiger partial charge in [-0.2, -0.15) is 10.1 Å². The summed E-state index contributed by atoms with van der Waals surface area (Å²) in [6, 6.07) is 0.124. The lowest BCUT2D eigenvalue weighted by atomic mass is 9.91. The molecule has 0 bridgehead atoms. The van der Waals surface area contributed by atoms with Gasteiger partial charge in [0.1, 0.15) is 0 Å². The standard InChI is InChI=1S/C17H23N9O2/c1-3-13(27)20-10-5-4-6-11(7-10)22-17-23-16(14(15(18)28)24-25-17)21-12-8-19-26(2)9-12/h3,8-11H,1,4-7H2,2H3,(H2,18,28)(H,20,27)(H2,21,22,23,25)/t10?,11-/m1/s1. The molecular formula is C17H23N9O2. The highest BCUT2D eigenvalue weighted by molar-refractivity contribution is 5.96. The Morgan fingerprint density at radius 2 is 2.11 bits per heavy atom. The van der Waals surface area contributed by atoms with Crippen molar-refractivity contribution in [3.05, 3.63) is 30.7 Å². The molecule has 1 fully saturated rings. The summed E-state index contributed by atoms with van der Waals surface area (Å²) in [6.07, 6.45) is 8.09. The fourth-order valence-corrected chi connectivity index (χ4v) is 3.16. The van der Waals surface area contributed by atoms with Crippen molar-refractivity contribution in [2.45, 2.75) is 37.8 Å². The minimum Gasteiger partial charge on any atom is -0.364 e. The van der Waals surface area contributed by atoms with Crippen LogP contribution in [0, 0.1) is 0 Å². The van der Waals surface area contributed by atoms with Gasteiger partial charge in [-0.3, -0.25) is 14.3 Å². The van der Waals surface area contributed by atoms with Crippen molar-refractivity contribution >= 4 is 29.3 Å². The summed E-state index contributed by atoms with van der Waals surface area (Å²) >= 11 is 0. The Morgan fingerprint density at radius 3 is 2.79 bits per heavy atom. The molecule has 0 saturated heterocycles. The second-order valence-corrected chi connectivity index (χ2v) is 6.64. The van der Waals surface area contributed by atoms with E-state index in [-0.39, 0.29) is 35.5 Å². The molecule has 11 heteroatoms. The van der Waals surface area contributed by atoms with Crippen LogP contribution in [-0.2, 0) is 11.8 Å². The molecule has 2 aromatic rings. The molecule has 2 amide bonds. The van der Waals surface area contributed by atoms with Crippen LogP contribution >= 0.6 is 0 Å². The minimum atomic E-state index is -0.734. The van der Waals surface area contributed by atoms with Crippen molar-refractivity contribution in [3.8, 4) is 0 Å². The van der Waals surface area contributed by atoms with Crippen molar-refractivity contribution in [1.29, 1.82) is 0 Å². The number of nitrogens with two attached hydrogens (primary N) is 1. The van der Waals surface area contributed by atoms with Crippen molar-refractivity contribution in [1.82, 2.24) is 30.3 Å². The van der Waals surface area contributed by atoms with E-state index < -0.39 is 5.91 Å². The van der Waals surface area contributed by atoms with Crippen LogP contribution in [-0.4, -0.2) is 48.9 Å². The van der Waals surface area contributed by atoms with Gasteiger partial charge >= 0.3 is 0 Å². The number of aryl methyl sites for hydroxylation is 1. The molecule has 3 rings (SSSR count). The molecule has 0 radical (unpaired) electrons. The monoisotopic (exact) mass is 385 g/mol. The number of carbonyl (C=O) groups is 2. The topological polar surface area (TPSA) is 153 Å². The zero-order chi connectivity index (χ0) is 20.1. The van der Waals surface area contributed by atoms with Crippen LogP contribution in [0.4, 0.5) is 17.5 Å². The fraction of sp³-hybridized carbons (Fsp3) is 0.412. The molecule has 1 unspecified atom stereocenters. The Bertz CT molecular complexity index is 879. The lowest BCUT2D eigenvalue weighted by molar-refractivity contribution is -0.117. The van der Waals surface area contributed by atoms with Crippen LogP contribution in [0.25, 0.3) is 0 Å². The first-order chi connectivity index (χ1) is 13.4. The molecular weight excluding hydrogens is 362 g/mol. The molecule has 2 atom stereocenters. The summed E-state index contributed by atoms with van der Waals surface area (Å²) in [5, 5.41) is 21.1. The van der Waals surface area contributed by atoms with Crippen molar-refractivity contribution in [2.24, 2.45) is 12.8 Å². The number of anilines is 3. The normalized spacial score (nSPS) is 18.9. The smallest absolute Gasteiger partial charge is 0.273 e. The van der Waals surface area contributed by atoms with E-state index in [4.69, 9.17) is 5.73 Å². The molecule has 0 spiro atoms. The third kappa shape index (κ3) is 4.81. The van der Waals surface area contributed by atoms with Gasteiger partial charge < -0.3 is 21.7 Å². The highest BCUT2D eigenvalue weighted by Crippen LogP contribution is 2.23. The van der Waals surface area contributed by atoms with E-state index >= 15 is 0 Å². The summed E-state index contributed by atoms with van der Waals surface area (Å²) in [5.74, 6) is -0.442. The van der Waals surface area contributed by atoms with Crippen molar-refractivity contribution < 1.29 is 9.59 Å². The number of primary amides is 1. The molecule has 1 aliphatic carbocycles. The molecule has 0 aliphatic heterocycles. The van der Waals surface area contributed by atoms with Gasteiger partial charge in [0.2, 0.25) is 11.9 Å². The second-order valence-electron chi connectivity index (χ2n) is 6.64. The lowest BCUT2D eigenvalue weighted by Gasteiger charge is -2.30. The maximum atomic E-state index is 11.6. The third-order valence-electron chi connectivity index (χ3n) is 4.43. The Morgan fingerprint density at radius 1 is 1.32 bits per heavy atom. The summed E-state index contributed by atoms with van der Waals surface area (Å²) in [5.41, 5.74) is 5.95. The summed E-state index contributed by atoms with van der Waals surface area (Å²) < 4.78 is 1.61. The third-order valence-corrected chi connectivity index (χ3v) is 4.43. The number of nitrogens with zero attached hydrogens (tertiary/aromatic N) is 5. The average Bonchev–Trinajstić information content (AvgIpc) is 3.06. The van der Waals surface area contributed by atoms with E-state index in [9.17, 15) is 9.59 Å². The van der Waals surface area contributed by atoms with E-state index in [0.717, 1.165) is 25.7 Å². The Kier molecular flexibility index (Phi) is 5.82. The minimum absolute atomic E-state index is 0.0580. The highest BCUT2D eigenvalue weighted by atomic mass is 16.2.